The summed E-state index contributed by atoms with van der Waals surface area (Å²) in [4.78, 5) is 26.7. The van der Waals surface area contributed by atoms with E-state index >= 15 is 0 Å². The maximum Gasteiger partial charge on any atom is 0.255 e. The molecule has 0 bridgehead atoms. The van der Waals surface area contributed by atoms with E-state index in [1.54, 1.807) is 35.0 Å². The molecule has 2 amide bonds. The van der Waals surface area contributed by atoms with Gasteiger partial charge in [-0.25, -0.2) is 4.52 Å². The molecule has 3 heterocycles. The smallest absolute Gasteiger partial charge is 0.255 e. The molecule has 7 nitrogen and oxygen atoms in total. The van der Waals surface area contributed by atoms with Crippen LogP contribution in [0.1, 0.15) is 41.7 Å². The third-order valence-corrected chi connectivity index (χ3v) is 5.07. The van der Waals surface area contributed by atoms with Crippen LogP contribution in [0.25, 0.3) is 5.52 Å². The van der Waals surface area contributed by atoms with Crippen LogP contribution in [0.4, 0.5) is 5.69 Å². The summed E-state index contributed by atoms with van der Waals surface area (Å²) < 4.78 is 6.99. The number of nitrogens with one attached hydrogen (secondary N) is 1. The summed E-state index contributed by atoms with van der Waals surface area (Å²) in [5.74, 6) is 0.509. The van der Waals surface area contributed by atoms with E-state index in [2.05, 4.69) is 10.4 Å². The van der Waals surface area contributed by atoms with Gasteiger partial charge in [0.25, 0.3) is 5.91 Å². The van der Waals surface area contributed by atoms with Gasteiger partial charge in [0.15, 0.2) is 0 Å². The van der Waals surface area contributed by atoms with Crippen LogP contribution in [0.3, 0.4) is 0 Å². The topological polar surface area (TPSA) is 75.9 Å². The third kappa shape index (κ3) is 3.19. The number of hydrogen-bond donors (Lipinski definition) is 1. The van der Waals surface area contributed by atoms with Crippen molar-refractivity contribution in [1.29, 1.82) is 0 Å². The number of methoxy groups -OCH3 is 1. The lowest BCUT2D eigenvalue weighted by atomic mass is 10.1. The molecule has 1 N–H and O–H groups in total. The Morgan fingerprint density at radius 1 is 1.29 bits per heavy atom. The van der Waals surface area contributed by atoms with Crippen molar-refractivity contribution in [3.63, 3.8) is 0 Å². The fraction of sp³-hybridized carbons (Fsp3) is 0.286. The van der Waals surface area contributed by atoms with Crippen molar-refractivity contribution < 1.29 is 14.3 Å². The molecule has 3 aromatic rings. The monoisotopic (exact) mass is 378 g/mol. The molecule has 1 aromatic carbocycles. The average molecular weight is 378 g/mol. The molecule has 1 saturated heterocycles. The van der Waals surface area contributed by atoms with Crippen LogP contribution >= 0.6 is 0 Å². The highest BCUT2D eigenvalue weighted by Crippen LogP contribution is 2.26. The molecular formula is C21H22N4O3. The predicted octanol–water partition coefficient (Wildman–Crippen LogP) is 2.96. The lowest BCUT2D eigenvalue weighted by Crippen LogP contribution is -2.27. The molecule has 4 rings (SSSR count). The maximum atomic E-state index is 12.9. The molecule has 144 valence electrons. The summed E-state index contributed by atoms with van der Waals surface area (Å²) >= 11 is 0. The first kappa shape index (κ1) is 18.0. The van der Waals surface area contributed by atoms with Crippen LogP contribution < -0.4 is 15.0 Å². The van der Waals surface area contributed by atoms with Gasteiger partial charge in [-0.1, -0.05) is 12.1 Å². The molecule has 0 aliphatic carbocycles. The van der Waals surface area contributed by atoms with E-state index < -0.39 is 0 Å². The van der Waals surface area contributed by atoms with Gasteiger partial charge in [-0.2, -0.15) is 5.10 Å². The second kappa shape index (κ2) is 7.34. The minimum atomic E-state index is -0.227. The van der Waals surface area contributed by atoms with Gasteiger partial charge in [-0.3, -0.25) is 9.59 Å². The number of pyridine rings is 1. The van der Waals surface area contributed by atoms with Gasteiger partial charge in [-0.05, 0) is 43.2 Å². The minimum Gasteiger partial charge on any atom is -0.494 e. The van der Waals surface area contributed by atoms with Crippen LogP contribution in [0, 0.1) is 0 Å². The van der Waals surface area contributed by atoms with Gasteiger partial charge < -0.3 is 15.0 Å². The summed E-state index contributed by atoms with van der Waals surface area (Å²) in [6.45, 7) is 2.66. The summed E-state index contributed by atoms with van der Waals surface area (Å²) in [7, 11) is 1.57. The average Bonchev–Trinajstić information content (AvgIpc) is 3.34. The van der Waals surface area contributed by atoms with Crippen molar-refractivity contribution in [3.8, 4) is 5.75 Å². The number of aromatic nitrogens is 2. The van der Waals surface area contributed by atoms with Crippen LogP contribution in [0.5, 0.6) is 5.75 Å². The van der Waals surface area contributed by atoms with Gasteiger partial charge in [0.1, 0.15) is 11.3 Å². The number of nitrogens with zero attached hydrogens (tertiary/aromatic N) is 3. The Morgan fingerprint density at radius 3 is 2.89 bits per heavy atom. The Kier molecular flexibility index (Phi) is 4.73. The van der Waals surface area contributed by atoms with Crippen LogP contribution in [0.15, 0.2) is 48.8 Å². The molecular weight excluding hydrogens is 356 g/mol. The van der Waals surface area contributed by atoms with Crippen molar-refractivity contribution in [2.45, 2.75) is 25.8 Å². The predicted molar refractivity (Wildman–Crippen MR) is 106 cm³/mol. The maximum absolute atomic E-state index is 12.9. The van der Waals surface area contributed by atoms with E-state index in [1.807, 2.05) is 37.3 Å². The van der Waals surface area contributed by atoms with E-state index in [1.165, 1.54) is 0 Å². The summed E-state index contributed by atoms with van der Waals surface area (Å²) in [5.41, 5.74) is 2.90. The normalized spacial score (nSPS) is 15.1. The summed E-state index contributed by atoms with van der Waals surface area (Å²) in [5, 5.41) is 7.25. The summed E-state index contributed by atoms with van der Waals surface area (Å²) in [6, 6.07) is 11.1. The molecule has 0 radical (unpaired) electrons. The molecule has 0 saturated carbocycles. The van der Waals surface area contributed by atoms with Crippen molar-refractivity contribution in [2.75, 3.05) is 18.6 Å². The number of carbonyl (C=O) groups excluding carboxylic acids is 2. The number of fused-ring (bicyclic) bond motifs is 1. The second-order valence-electron chi connectivity index (χ2n) is 6.87. The lowest BCUT2D eigenvalue weighted by molar-refractivity contribution is -0.117. The number of rotatable bonds is 5. The molecule has 1 aliphatic rings. The number of amides is 2. The quantitative estimate of drug-likeness (QED) is 0.741. The van der Waals surface area contributed by atoms with Gasteiger partial charge in [0.05, 0.1) is 24.9 Å². The zero-order valence-electron chi connectivity index (χ0n) is 15.9. The van der Waals surface area contributed by atoms with E-state index in [0.29, 0.717) is 23.3 Å². The summed E-state index contributed by atoms with van der Waals surface area (Å²) in [6.07, 6.45) is 4.78. The van der Waals surface area contributed by atoms with Gasteiger partial charge in [0.2, 0.25) is 5.91 Å². The highest BCUT2D eigenvalue weighted by atomic mass is 16.5. The van der Waals surface area contributed by atoms with Crippen molar-refractivity contribution >= 4 is 23.0 Å². The van der Waals surface area contributed by atoms with Crippen molar-refractivity contribution in [3.05, 3.63) is 59.9 Å². The Hall–Kier alpha value is -3.35. The SMILES string of the molecule is COc1cccn2ncc(C(=O)NC(C)c3cccc(N4CCCC4=O)c3)c12. The van der Waals surface area contributed by atoms with Crippen molar-refractivity contribution in [2.24, 2.45) is 0 Å². The number of benzene rings is 1. The van der Waals surface area contributed by atoms with Gasteiger partial charge in [-0.15, -0.1) is 0 Å². The lowest BCUT2D eigenvalue weighted by Gasteiger charge is -2.19. The first-order valence-corrected chi connectivity index (χ1v) is 9.30. The minimum absolute atomic E-state index is 0.146. The zero-order chi connectivity index (χ0) is 19.7. The fourth-order valence-corrected chi connectivity index (χ4v) is 3.58. The molecule has 2 aromatic heterocycles. The standard InChI is InChI=1S/C21H22N4O3/c1-14(15-6-3-7-16(12-15)24-10-5-9-19(24)26)23-21(27)17-13-22-25-11-4-8-18(28-2)20(17)25/h3-4,6-8,11-14H,5,9-10H2,1-2H3,(H,23,27). The molecule has 1 aliphatic heterocycles. The second-order valence-corrected chi connectivity index (χ2v) is 6.87. The van der Waals surface area contributed by atoms with Gasteiger partial charge in [0, 0.05) is 24.8 Å². The Morgan fingerprint density at radius 2 is 2.14 bits per heavy atom. The Bertz CT molecular complexity index is 1040. The number of carbonyl (C=O) groups is 2. The molecule has 7 heteroatoms. The third-order valence-electron chi connectivity index (χ3n) is 5.07. The zero-order valence-corrected chi connectivity index (χ0v) is 15.9. The van der Waals surface area contributed by atoms with Gasteiger partial charge >= 0.3 is 0 Å². The van der Waals surface area contributed by atoms with Crippen LogP contribution in [-0.2, 0) is 4.79 Å². The fourth-order valence-electron chi connectivity index (χ4n) is 3.58. The van der Waals surface area contributed by atoms with E-state index in [-0.39, 0.29) is 17.9 Å². The highest BCUT2D eigenvalue weighted by Gasteiger charge is 2.23. The number of anilines is 1. The Labute approximate surface area is 162 Å². The number of ether oxygens (including phenoxy) is 1. The molecule has 1 fully saturated rings. The number of hydrogen-bond acceptors (Lipinski definition) is 4. The van der Waals surface area contributed by atoms with Crippen LogP contribution in [0.2, 0.25) is 0 Å². The first-order valence-electron chi connectivity index (χ1n) is 9.30. The largest absolute Gasteiger partial charge is 0.494 e. The van der Waals surface area contributed by atoms with E-state index in [9.17, 15) is 9.59 Å². The highest BCUT2D eigenvalue weighted by molar-refractivity contribution is 6.02. The molecule has 0 spiro atoms. The van der Waals surface area contributed by atoms with Crippen molar-refractivity contribution in [1.82, 2.24) is 14.9 Å². The van der Waals surface area contributed by atoms with E-state index in [4.69, 9.17) is 4.74 Å². The molecule has 28 heavy (non-hydrogen) atoms. The van der Waals surface area contributed by atoms with E-state index in [0.717, 1.165) is 24.2 Å². The molecule has 1 unspecified atom stereocenters. The molecule has 1 atom stereocenters. The van der Waals surface area contributed by atoms with Crippen LogP contribution in [-0.4, -0.2) is 35.1 Å². The first-order chi connectivity index (χ1) is 13.6. The Balaban J connectivity index is 1.57.